The van der Waals surface area contributed by atoms with Gasteiger partial charge in [0.05, 0.1) is 0 Å². The molecule has 0 heterocycles. The van der Waals surface area contributed by atoms with E-state index in [1.165, 1.54) is 19.3 Å². The van der Waals surface area contributed by atoms with Crippen molar-refractivity contribution in [3.05, 3.63) is 0 Å². The Kier molecular flexibility index (Phi) is 4.92. The van der Waals surface area contributed by atoms with Crippen molar-refractivity contribution < 1.29 is 9.53 Å². The summed E-state index contributed by atoms with van der Waals surface area (Å²) in [6.07, 6.45) is 5.52. The Bertz CT molecular complexity index is 233. The molecule has 3 nitrogen and oxygen atoms in total. The molecular weight excluding hydrogens is 178 g/mol. The van der Waals surface area contributed by atoms with Crippen LogP contribution in [0.15, 0.2) is 0 Å². The van der Waals surface area contributed by atoms with Gasteiger partial charge in [-0.15, -0.1) is 5.92 Å². The molecular formula is C11H17NO2. The number of carbonyl (C=O) groups excluding carboxylic acids is 1. The first-order chi connectivity index (χ1) is 6.83. The Hall–Kier alpha value is -1.17. The van der Waals surface area contributed by atoms with Crippen LogP contribution in [0.2, 0.25) is 0 Å². The molecule has 0 radical (unpaired) electrons. The number of alkyl carbamates (subject to hydrolysis) is 1. The lowest BCUT2D eigenvalue weighted by atomic mass is 9.96. The smallest absolute Gasteiger partial charge is 0.408 e. The van der Waals surface area contributed by atoms with Gasteiger partial charge in [0, 0.05) is 6.04 Å². The quantitative estimate of drug-likeness (QED) is 0.685. The standard InChI is InChI=1S/C11H17NO2/c1-2-3-9-14-11(13)12-10-7-5-4-6-8-10/h10H,4-9H2,1H3,(H,12,13). The molecule has 0 bridgehead atoms. The van der Waals surface area contributed by atoms with Crippen molar-refractivity contribution in [2.45, 2.75) is 45.1 Å². The third kappa shape index (κ3) is 4.18. The fraction of sp³-hybridized carbons (Fsp3) is 0.727. The third-order valence-electron chi connectivity index (χ3n) is 2.38. The van der Waals surface area contributed by atoms with Crippen LogP contribution in [0.25, 0.3) is 0 Å². The first kappa shape index (κ1) is 10.9. The number of nitrogens with one attached hydrogen (secondary N) is 1. The molecule has 0 saturated heterocycles. The number of hydrogen-bond donors (Lipinski definition) is 1. The van der Waals surface area contributed by atoms with Crippen LogP contribution < -0.4 is 5.32 Å². The summed E-state index contributed by atoms with van der Waals surface area (Å²) >= 11 is 0. The van der Waals surface area contributed by atoms with E-state index in [1.54, 1.807) is 6.92 Å². The van der Waals surface area contributed by atoms with Crippen molar-refractivity contribution in [1.82, 2.24) is 5.32 Å². The molecule has 78 valence electrons. The van der Waals surface area contributed by atoms with Crippen LogP contribution in [-0.4, -0.2) is 18.7 Å². The summed E-state index contributed by atoms with van der Waals surface area (Å²) in [7, 11) is 0. The number of rotatable bonds is 2. The topological polar surface area (TPSA) is 38.3 Å². The molecule has 14 heavy (non-hydrogen) atoms. The van der Waals surface area contributed by atoms with Gasteiger partial charge in [-0.2, -0.15) is 0 Å². The Morgan fingerprint density at radius 2 is 2.14 bits per heavy atom. The zero-order valence-corrected chi connectivity index (χ0v) is 8.64. The van der Waals surface area contributed by atoms with Gasteiger partial charge >= 0.3 is 6.09 Å². The maximum absolute atomic E-state index is 11.2. The van der Waals surface area contributed by atoms with E-state index >= 15 is 0 Å². The molecule has 1 rings (SSSR count). The number of hydrogen-bond acceptors (Lipinski definition) is 2. The van der Waals surface area contributed by atoms with Gasteiger partial charge in [0.25, 0.3) is 0 Å². The second-order valence-electron chi connectivity index (χ2n) is 3.48. The molecule has 0 aromatic rings. The Morgan fingerprint density at radius 3 is 2.79 bits per heavy atom. The predicted molar refractivity (Wildman–Crippen MR) is 54.8 cm³/mol. The SMILES string of the molecule is CC#CCOC(=O)NC1CCCCC1. The van der Waals surface area contributed by atoms with Crippen molar-refractivity contribution in [2.75, 3.05) is 6.61 Å². The molecule has 0 aliphatic heterocycles. The molecule has 0 unspecified atom stereocenters. The average molecular weight is 195 g/mol. The summed E-state index contributed by atoms with van der Waals surface area (Å²) < 4.78 is 4.86. The maximum Gasteiger partial charge on any atom is 0.408 e. The van der Waals surface area contributed by atoms with Crippen molar-refractivity contribution in [3.8, 4) is 11.8 Å². The van der Waals surface area contributed by atoms with Crippen LogP contribution in [-0.2, 0) is 4.74 Å². The van der Waals surface area contributed by atoms with Crippen LogP contribution in [0.3, 0.4) is 0 Å². The first-order valence-electron chi connectivity index (χ1n) is 5.16. The van der Waals surface area contributed by atoms with E-state index in [0.29, 0.717) is 6.04 Å². The summed E-state index contributed by atoms with van der Waals surface area (Å²) in [5, 5.41) is 2.85. The van der Waals surface area contributed by atoms with E-state index < -0.39 is 0 Å². The van der Waals surface area contributed by atoms with Crippen molar-refractivity contribution in [1.29, 1.82) is 0 Å². The molecule has 3 heteroatoms. The average Bonchev–Trinajstić information content (AvgIpc) is 2.20. The third-order valence-corrected chi connectivity index (χ3v) is 2.38. The fourth-order valence-electron chi connectivity index (χ4n) is 1.63. The van der Waals surface area contributed by atoms with Gasteiger partial charge in [0.2, 0.25) is 0 Å². The van der Waals surface area contributed by atoms with E-state index in [2.05, 4.69) is 17.2 Å². The van der Waals surface area contributed by atoms with Gasteiger partial charge in [-0.05, 0) is 19.8 Å². The van der Waals surface area contributed by atoms with Crippen LogP contribution in [0.5, 0.6) is 0 Å². The lowest BCUT2D eigenvalue weighted by Gasteiger charge is -2.21. The lowest BCUT2D eigenvalue weighted by molar-refractivity contribution is 0.152. The lowest BCUT2D eigenvalue weighted by Crippen LogP contribution is -2.36. The minimum Gasteiger partial charge on any atom is -0.436 e. The molecule has 0 aromatic carbocycles. The van der Waals surface area contributed by atoms with Crippen LogP contribution in [0, 0.1) is 11.8 Å². The van der Waals surface area contributed by atoms with E-state index in [1.807, 2.05) is 0 Å². The molecule has 1 aliphatic carbocycles. The van der Waals surface area contributed by atoms with Crippen LogP contribution >= 0.6 is 0 Å². The second kappa shape index (κ2) is 6.31. The molecule has 1 fully saturated rings. The molecule has 0 aromatic heterocycles. The monoisotopic (exact) mass is 195 g/mol. The van der Waals surface area contributed by atoms with E-state index in [9.17, 15) is 4.79 Å². The zero-order chi connectivity index (χ0) is 10.2. The minimum atomic E-state index is -0.334. The largest absolute Gasteiger partial charge is 0.436 e. The highest BCUT2D eigenvalue weighted by Gasteiger charge is 2.15. The van der Waals surface area contributed by atoms with Gasteiger partial charge in [-0.25, -0.2) is 4.79 Å². The maximum atomic E-state index is 11.2. The van der Waals surface area contributed by atoms with Gasteiger partial charge in [0.15, 0.2) is 6.61 Å². The Labute approximate surface area is 85.2 Å². The fourth-order valence-corrected chi connectivity index (χ4v) is 1.63. The molecule has 0 atom stereocenters. The second-order valence-corrected chi connectivity index (χ2v) is 3.48. The van der Waals surface area contributed by atoms with Gasteiger partial charge in [0.1, 0.15) is 0 Å². The Morgan fingerprint density at radius 1 is 1.43 bits per heavy atom. The highest BCUT2D eigenvalue weighted by atomic mass is 16.5. The van der Waals surface area contributed by atoms with E-state index in [-0.39, 0.29) is 12.7 Å². The molecule has 1 saturated carbocycles. The number of carbonyl (C=O) groups is 1. The van der Waals surface area contributed by atoms with Crippen molar-refractivity contribution in [3.63, 3.8) is 0 Å². The number of amides is 1. The first-order valence-corrected chi connectivity index (χ1v) is 5.16. The van der Waals surface area contributed by atoms with Gasteiger partial charge < -0.3 is 10.1 Å². The van der Waals surface area contributed by atoms with Gasteiger partial charge in [-0.3, -0.25) is 0 Å². The molecule has 1 N–H and O–H groups in total. The Balaban J connectivity index is 2.14. The summed E-state index contributed by atoms with van der Waals surface area (Å²) in [6, 6.07) is 0.311. The van der Waals surface area contributed by atoms with E-state index in [0.717, 1.165) is 12.8 Å². The van der Waals surface area contributed by atoms with Crippen LogP contribution in [0.1, 0.15) is 39.0 Å². The molecule has 1 amide bonds. The zero-order valence-electron chi connectivity index (χ0n) is 8.64. The predicted octanol–water partition coefficient (Wildman–Crippen LogP) is 2.07. The summed E-state index contributed by atoms with van der Waals surface area (Å²) in [6.45, 7) is 1.91. The highest BCUT2D eigenvalue weighted by Crippen LogP contribution is 2.17. The number of ether oxygens (including phenoxy) is 1. The van der Waals surface area contributed by atoms with Crippen molar-refractivity contribution in [2.24, 2.45) is 0 Å². The highest BCUT2D eigenvalue weighted by molar-refractivity contribution is 5.67. The van der Waals surface area contributed by atoms with Crippen molar-refractivity contribution >= 4 is 6.09 Å². The van der Waals surface area contributed by atoms with Crippen LogP contribution in [0.4, 0.5) is 4.79 Å². The minimum absolute atomic E-state index is 0.190. The summed E-state index contributed by atoms with van der Waals surface area (Å²) in [5.74, 6) is 5.36. The van der Waals surface area contributed by atoms with E-state index in [4.69, 9.17) is 4.74 Å². The summed E-state index contributed by atoms with van der Waals surface area (Å²) in [5.41, 5.74) is 0. The summed E-state index contributed by atoms with van der Waals surface area (Å²) in [4.78, 5) is 11.2. The molecule has 0 spiro atoms. The normalized spacial score (nSPS) is 16.6. The van der Waals surface area contributed by atoms with Gasteiger partial charge in [-0.1, -0.05) is 25.2 Å². The molecule has 1 aliphatic rings.